The first-order chi connectivity index (χ1) is 6.11. The third-order valence-electron chi connectivity index (χ3n) is 3.63. The van der Waals surface area contributed by atoms with E-state index >= 15 is 0 Å². The topological polar surface area (TPSA) is 12.0 Å². The molecule has 0 spiro atoms. The van der Waals surface area contributed by atoms with E-state index in [1.807, 2.05) is 0 Å². The number of rotatable bonds is 4. The van der Waals surface area contributed by atoms with Crippen molar-refractivity contribution in [3.63, 3.8) is 0 Å². The molecule has 0 saturated heterocycles. The standard InChI is InChI=1S/C12H25N/c1-9(2)10(3)13-11(4)12-7-5-6-8-12/h9-13H,5-8H2,1-4H3. The normalized spacial score (nSPS) is 23.8. The van der Waals surface area contributed by atoms with Crippen LogP contribution in [0.1, 0.15) is 53.4 Å². The first-order valence-electron chi connectivity index (χ1n) is 5.87. The summed E-state index contributed by atoms with van der Waals surface area (Å²) in [7, 11) is 0. The summed E-state index contributed by atoms with van der Waals surface area (Å²) in [6.07, 6.45) is 5.79. The smallest absolute Gasteiger partial charge is 0.00695 e. The Hall–Kier alpha value is -0.0400. The predicted molar refractivity (Wildman–Crippen MR) is 58.9 cm³/mol. The summed E-state index contributed by atoms with van der Waals surface area (Å²) in [5, 5.41) is 3.72. The van der Waals surface area contributed by atoms with Gasteiger partial charge in [-0.05, 0) is 38.5 Å². The van der Waals surface area contributed by atoms with Crippen LogP contribution in [0.5, 0.6) is 0 Å². The molecule has 0 aliphatic heterocycles. The second-order valence-corrected chi connectivity index (χ2v) is 5.03. The van der Waals surface area contributed by atoms with Gasteiger partial charge >= 0.3 is 0 Å². The minimum absolute atomic E-state index is 0.663. The Bertz CT molecular complexity index is 136. The fourth-order valence-electron chi connectivity index (χ4n) is 2.20. The molecule has 2 atom stereocenters. The van der Waals surface area contributed by atoms with Gasteiger partial charge in [-0.3, -0.25) is 0 Å². The molecule has 0 radical (unpaired) electrons. The zero-order valence-electron chi connectivity index (χ0n) is 9.64. The van der Waals surface area contributed by atoms with E-state index in [2.05, 4.69) is 33.0 Å². The van der Waals surface area contributed by atoms with Gasteiger partial charge in [-0.1, -0.05) is 26.7 Å². The van der Waals surface area contributed by atoms with Crippen LogP contribution in [-0.4, -0.2) is 12.1 Å². The lowest BCUT2D eigenvalue weighted by atomic mass is 9.97. The fourth-order valence-corrected chi connectivity index (χ4v) is 2.20. The minimum Gasteiger partial charge on any atom is -0.311 e. The van der Waals surface area contributed by atoms with Crippen molar-refractivity contribution >= 4 is 0 Å². The third kappa shape index (κ3) is 3.30. The molecule has 2 unspecified atom stereocenters. The Morgan fingerprint density at radius 3 is 2.00 bits per heavy atom. The maximum atomic E-state index is 3.72. The van der Waals surface area contributed by atoms with Gasteiger partial charge in [-0.15, -0.1) is 0 Å². The molecule has 1 fully saturated rings. The van der Waals surface area contributed by atoms with E-state index in [-0.39, 0.29) is 0 Å². The van der Waals surface area contributed by atoms with Crippen LogP contribution in [-0.2, 0) is 0 Å². The molecule has 0 bridgehead atoms. The van der Waals surface area contributed by atoms with Gasteiger partial charge < -0.3 is 5.32 Å². The average molecular weight is 183 g/mol. The maximum absolute atomic E-state index is 3.72. The van der Waals surface area contributed by atoms with Crippen molar-refractivity contribution < 1.29 is 0 Å². The van der Waals surface area contributed by atoms with Crippen LogP contribution in [0.3, 0.4) is 0 Å². The predicted octanol–water partition coefficient (Wildman–Crippen LogP) is 3.20. The van der Waals surface area contributed by atoms with E-state index in [9.17, 15) is 0 Å². The van der Waals surface area contributed by atoms with Crippen LogP contribution in [0.4, 0.5) is 0 Å². The molecule has 1 aliphatic carbocycles. The van der Waals surface area contributed by atoms with E-state index in [4.69, 9.17) is 0 Å². The molecule has 1 saturated carbocycles. The van der Waals surface area contributed by atoms with Crippen molar-refractivity contribution in [2.75, 3.05) is 0 Å². The van der Waals surface area contributed by atoms with Crippen LogP contribution in [0.25, 0.3) is 0 Å². The van der Waals surface area contributed by atoms with Gasteiger partial charge in [0, 0.05) is 12.1 Å². The van der Waals surface area contributed by atoms with E-state index in [1.165, 1.54) is 25.7 Å². The molecular weight excluding hydrogens is 158 g/mol. The van der Waals surface area contributed by atoms with Gasteiger partial charge in [-0.2, -0.15) is 0 Å². The lowest BCUT2D eigenvalue weighted by Gasteiger charge is -2.26. The Morgan fingerprint density at radius 2 is 1.54 bits per heavy atom. The van der Waals surface area contributed by atoms with Crippen molar-refractivity contribution in [1.29, 1.82) is 0 Å². The molecule has 1 rings (SSSR count). The molecule has 78 valence electrons. The van der Waals surface area contributed by atoms with Crippen LogP contribution in [0.15, 0.2) is 0 Å². The van der Waals surface area contributed by atoms with Crippen LogP contribution < -0.4 is 5.32 Å². The molecule has 1 heteroatoms. The SMILES string of the molecule is CC(C)C(C)NC(C)C1CCCC1. The molecule has 0 aromatic heterocycles. The van der Waals surface area contributed by atoms with Crippen LogP contribution >= 0.6 is 0 Å². The highest BCUT2D eigenvalue weighted by atomic mass is 14.9. The number of hydrogen-bond acceptors (Lipinski definition) is 1. The van der Waals surface area contributed by atoms with Gasteiger partial charge in [-0.25, -0.2) is 0 Å². The fraction of sp³-hybridized carbons (Fsp3) is 1.00. The summed E-state index contributed by atoms with van der Waals surface area (Å²) in [5.41, 5.74) is 0. The highest BCUT2D eigenvalue weighted by Gasteiger charge is 2.22. The first-order valence-corrected chi connectivity index (χ1v) is 5.87. The van der Waals surface area contributed by atoms with Gasteiger partial charge in [0.15, 0.2) is 0 Å². The second kappa shape index (κ2) is 4.99. The van der Waals surface area contributed by atoms with Crippen LogP contribution in [0.2, 0.25) is 0 Å². The molecule has 13 heavy (non-hydrogen) atoms. The quantitative estimate of drug-likeness (QED) is 0.706. The molecular formula is C12H25N. The lowest BCUT2D eigenvalue weighted by molar-refractivity contribution is 0.312. The minimum atomic E-state index is 0.663. The molecule has 0 aromatic carbocycles. The van der Waals surface area contributed by atoms with Crippen molar-refractivity contribution in [2.45, 2.75) is 65.5 Å². The Balaban J connectivity index is 2.26. The molecule has 1 nitrogen and oxygen atoms in total. The van der Waals surface area contributed by atoms with E-state index < -0.39 is 0 Å². The van der Waals surface area contributed by atoms with E-state index in [0.717, 1.165) is 17.9 Å². The van der Waals surface area contributed by atoms with Crippen molar-refractivity contribution in [3.05, 3.63) is 0 Å². The Morgan fingerprint density at radius 1 is 1.00 bits per heavy atom. The number of nitrogens with one attached hydrogen (secondary N) is 1. The zero-order valence-corrected chi connectivity index (χ0v) is 9.64. The zero-order chi connectivity index (χ0) is 9.84. The molecule has 0 amide bonds. The molecule has 0 heterocycles. The van der Waals surface area contributed by atoms with E-state index in [1.54, 1.807) is 0 Å². The summed E-state index contributed by atoms with van der Waals surface area (Å²) in [6.45, 7) is 9.24. The summed E-state index contributed by atoms with van der Waals surface area (Å²) >= 11 is 0. The van der Waals surface area contributed by atoms with Gasteiger partial charge in [0.25, 0.3) is 0 Å². The third-order valence-corrected chi connectivity index (χ3v) is 3.63. The monoisotopic (exact) mass is 183 g/mol. The molecule has 1 aliphatic rings. The second-order valence-electron chi connectivity index (χ2n) is 5.03. The first kappa shape index (κ1) is 11.0. The average Bonchev–Trinajstić information content (AvgIpc) is 2.55. The molecule has 1 N–H and O–H groups in total. The highest BCUT2D eigenvalue weighted by molar-refractivity contribution is 4.80. The van der Waals surface area contributed by atoms with Crippen molar-refractivity contribution in [2.24, 2.45) is 11.8 Å². The van der Waals surface area contributed by atoms with Gasteiger partial charge in [0.05, 0.1) is 0 Å². The van der Waals surface area contributed by atoms with Gasteiger partial charge in [0.2, 0.25) is 0 Å². The van der Waals surface area contributed by atoms with E-state index in [0.29, 0.717) is 6.04 Å². The Kier molecular flexibility index (Phi) is 4.24. The van der Waals surface area contributed by atoms with Crippen LogP contribution in [0, 0.1) is 11.8 Å². The lowest BCUT2D eigenvalue weighted by Crippen LogP contribution is -2.41. The maximum Gasteiger partial charge on any atom is 0.00695 e. The van der Waals surface area contributed by atoms with Gasteiger partial charge in [0.1, 0.15) is 0 Å². The summed E-state index contributed by atoms with van der Waals surface area (Å²) in [5.74, 6) is 1.70. The summed E-state index contributed by atoms with van der Waals surface area (Å²) in [4.78, 5) is 0. The molecule has 0 aromatic rings. The summed E-state index contributed by atoms with van der Waals surface area (Å²) < 4.78 is 0. The highest BCUT2D eigenvalue weighted by Crippen LogP contribution is 2.27. The summed E-state index contributed by atoms with van der Waals surface area (Å²) in [6, 6.07) is 1.38. The number of hydrogen-bond donors (Lipinski definition) is 1. The van der Waals surface area contributed by atoms with Crippen molar-refractivity contribution in [3.8, 4) is 0 Å². The van der Waals surface area contributed by atoms with Crippen molar-refractivity contribution in [1.82, 2.24) is 5.32 Å². The Labute approximate surface area is 83.3 Å². The largest absolute Gasteiger partial charge is 0.311 e.